The number of aromatic nitrogens is 2. The number of rotatable bonds is 4. The molecular weight excluding hydrogens is 278 g/mol. The van der Waals surface area contributed by atoms with Crippen LogP contribution < -0.4 is 5.32 Å². The third kappa shape index (κ3) is 3.86. The molecule has 1 atom stereocenters. The maximum absolute atomic E-state index is 12.0. The Kier molecular flexibility index (Phi) is 4.17. The number of amides is 1. The topological polar surface area (TPSA) is 81.2 Å². The first-order chi connectivity index (χ1) is 9.35. The molecule has 2 aromatic rings. The van der Waals surface area contributed by atoms with E-state index in [2.05, 4.69) is 15.5 Å². The highest BCUT2D eigenvalue weighted by molar-refractivity contribution is 8.00. The van der Waals surface area contributed by atoms with Gasteiger partial charge in [0, 0.05) is 5.54 Å². The van der Waals surface area contributed by atoms with Crippen molar-refractivity contribution < 1.29 is 13.6 Å². The lowest BCUT2D eigenvalue weighted by Gasteiger charge is -2.22. The zero-order chi connectivity index (χ0) is 14.8. The van der Waals surface area contributed by atoms with Crippen molar-refractivity contribution in [1.29, 1.82) is 0 Å². The van der Waals surface area contributed by atoms with Crippen LogP contribution in [0.1, 0.15) is 27.7 Å². The van der Waals surface area contributed by atoms with Crippen LogP contribution in [0.4, 0.5) is 0 Å². The van der Waals surface area contributed by atoms with Crippen molar-refractivity contribution in [2.24, 2.45) is 0 Å². The number of hydrogen-bond donors (Lipinski definition) is 1. The third-order valence-corrected chi connectivity index (χ3v) is 3.22. The zero-order valence-electron chi connectivity index (χ0n) is 11.8. The Morgan fingerprint density at radius 3 is 2.75 bits per heavy atom. The molecule has 2 aromatic heterocycles. The normalized spacial score (nSPS) is 13.2. The molecule has 7 heteroatoms. The van der Waals surface area contributed by atoms with Crippen LogP contribution in [0.25, 0.3) is 11.7 Å². The molecule has 0 aliphatic carbocycles. The molecule has 1 amide bonds. The SMILES string of the molecule is C[C@H](Sc1nnc(-c2ccco2)o1)C(=O)NC(C)(C)C. The van der Waals surface area contributed by atoms with Crippen molar-refractivity contribution in [3.8, 4) is 11.7 Å². The first kappa shape index (κ1) is 14.6. The number of carbonyl (C=O) groups excluding carboxylic acids is 1. The molecule has 1 N–H and O–H groups in total. The highest BCUT2D eigenvalue weighted by atomic mass is 32.2. The summed E-state index contributed by atoms with van der Waals surface area (Å²) >= 11 is 1.22. The van der Waals surface area contributed by atoms with E-state index in [1.165, 1.54) is 18.0 Å². The van der Waals surface area contributed by atoms with E-state index in [-0.39, 0.29) is 16.7 Å². The van der Waals surface area contributed by atoms with Crippen molar-refractivity contribution in [2.45, 2.75) is 43.7 Å². The van der Waals surface area contributed by atoms with Crippen molar-refractivity contribution in [1.82, 2.24) is 15.5 Å². The van der Waals surface area contributed by atoms with Crippen molar-refractivity contribution in [3.05, 3.63) is 18.4 Å². The van der Waals surface area contributed by atoms with Gasteiger partial charge in [-0.05, 0) is 39.8 Å². The van der Waals surface area contributed by atoms with Crippen LogP contribution in [0.3, 0.4) is 0 Å². The molecule has 0 bridgehead atoms. The minimum absolute atomic E-state index is 0.0692. The highest BCUT2D eigenvalue weighted by Crippen LogP contribution is 2.26. The van der Waals surface area contributed by atoms with Crippen molar-refractivity contribution in [2.75, 3.05) is 0 Å². The summed E-state index contributed by atoms with van der Waals surface area (Å²) in [6, 6.07) is 3.48. The molecule has 0 unspecified atom stereocenters. The van der Waals surface area contributed by atoms with E-state index in [1.807, 2.05) is 20.8 Å². The van der Waals surface area contributed by atoms with E-state index in [9.17, 15) is 4.79 Å². The smallest absolute Gasteiger partial charge is 0.284 e. The van der Waals surface area contributed by atoms with Gasteiger partial charge >= 0.3 is 0 Å². The first-order valence-electron chi connectivity index (χ1n) is 6.21. The molecule has 0 saturated carbocycles. The second-order valence-electron chi connectivity index (χ2n) is 5.35. The Balaban J connectivity index is 1.98. The molecule has 6 nitrogen and oxygen atoms in total. The summed E-state index contributed by atoms with van der Waals surface area (Å²) in [5, 5.41) is 10.7. The lowest BCUT2D eigenvalue weighted by Crippen LogP contribution is -2.44. The summed E-state index contributed by atoms with van der Waals surface area (Å²) in [7, 11) is 0. The lowest BCUT2D eigenvalue weighted by atomic mass is 10.1. The standard InChI is InChI=1S/C13H17N3O3S/c1-8(10(17)14-13(2,3)4)20-12-16-15-11(19-12)9-6-5-7-18-9/h5-8H,1-4H3,(H,14,17)/t8-/m0/s1. The molecule has 0 radical (unpaired) electrons. The van der Waals surface area contributed by atoms with Crippen molar-refractivity contribution in [3.63, 3.8) is 0 Å². The van der Waals surface area contributed by atoms with E-state index in [0.29, 0.717) is 16.9 Å². The van der Waals surface area contributed by atoms with Crippen LogP contribution >= 0.6 is 11.8 Å². The molecule has 0 aromatic carbocycles. The van der Waals surface area contributed by atoms with Gasteiger partial charge in [0.1, 0.15) is 0 Å². The molecular formula is C13H17N3O3S. The molecule has 0 saturated heterocycles. The van der Waals surface area contributed by atoms with E-state index in [0.717, 1.165) is 0 Å². The molecule has 0 fully saturated rings. The molecule has 0 spiro atoms. The quantitative estimate of drug-likeness (QED) is 0.873. The molecule has 0 aliphatic rings. The molecule has 2 heterocycles. The molecule has 20 heavy (non-hydrogen) atoms. The van der Waals surface area contributed by atoms with Crippen LogP contribution in [-0.2, 0) is 4.79 Å². The van der Waals surface area contributed by atoms with Gasteiger partial charge < -0.3 is 14.2 Å². The zero-order valence-corrected chi connectivity index (χ0v) is 12.7. The van der Waals surface area contributed by atoms with Gasteiger partial charge in [-0.2, -0.15) is 0 Å². The van der Waals surface area contributed by atoms with E-state index < -0.39 is 0 Å². The second-order valence-corrected chi connectivity index (χ2v) is 6.64. The average molecular weight is 295 g/mol. The van der Waals surface area contributed by atoms with E-state index in [4.69, 9.17) is 8.83 Å². The van der Waals surface area contributed by atoms with Crippen LogP contribution in [-0.4, -0.2) is 26.9 Å². The average Bonchev–Trinajstić information content (AvgIpc) is 2.95. The minimum Gasteiger partial charge on any atom is -0.459 e. The Morgan fingerprint density at radius 2 is 2.15 bits per heavy atom. The van der Waals surface area contributed by atoms with Crippen LogP contribution in [0.5, 0.6) is 0 Å². The lowest BCUT2D eigenvalue weighted by molar-refractivity contribution is -0.121. The van der Waals surface area contributed by atoms with Crippen LogP contribution in [0.2, 0.25) is 0 Å². The third-order valence-electron chi connectivity index (χ3n) is 2.28. The molecule has 108 valence electrons. The molecule has 2 rings (SSSR count). The van der Waals surface area contributed by atoms with Crippen molar-refractivity contribution >= 4 is 17.7 Å². The van der Waals surface area contributed by atoms with Gasteiger partial charge in [0.25, 0.3) is 11.1 Å². The summed E-state index contributed by atoms with van der Waals surface area (Å²) in [6.07, 6.45) is 1.53. The maximum Gasteiger partial charge on any atom is 0.284 e. The summed E-state index contributed by atoms with van der Waals surface area (Å²) < 4.78 is 10.6. The minimum atomic E-state index is -0.320. The van der Waals surface area contributed by atoms with E-state index in [1.54, 1.807) is 19.1 Å². The Bertz CT molecular complexity index is 572. The van der Waals surface area contributed by atoms with Crippen LogP contribution in [0, 0.1) is 0 Å². The summed E-state index contributed by atoms with van der Waals surface area (Å²) in [5.74, 6) is 0.748. The number of hydrogen-bond acceptors (Lipinski definition) is 6. The van der Waals surface area contributed by atoms with Crippen LogP contribution in [0.15, 0.2) is 32.5 Å². The summed E-state index contributed by atoms with van der Waals surface area (Å²) in [6.45, 7) is 7.60. The Morgan fingerprint density at radius 1 is 1.40 bits per heavy atom. The maximum atomic E-state index is 12.0. The Labute approximate surface area is 121 Å². The predicted molar refractivity (Wildman–Crippen MR) is 75.2 cm³/mol. The second kappa shape index (κ2) is 5.70. The fraction of sp³-hybridized carbons (Fsp3) is 0.462. The highest BCUT2D eigenvalue weighted by Gasteiger charge is 2.22. The van der Waals surface area contributed by atoms with Gasteiger partial charge in [0.05, 0.1) is 11.5 Å². The monoisotopic (exact) mass is 295 g/mol. The fourth-order valence-electron chi connectivity index (χ4n) is 1.43. The largest absolute Gasteiger partial charge is 0.459 e. The number of thioether (sulfide) groups is 1. The predicted octanol–water partition coefficient (Wildman–Crippen LogP) is 2.72. The fourth-order valence-corrected chi connectivity index (χ4v) is 2.12. The summed E-state index contributed by atoms with van der Waals surface area (Å²) in [4.78, 5) is 12.0. The van der Waals surface area contributed by atoms with Gasteiger partial charge in [0.2, 0.25) is 5.91 Å². The van der Waals surface area contributed by atoms with E-state index >= 15 is 0 Å². The number of furan rings is 1. The van der Waals surface area contributed by atoms with Gasteiger partial charge in [-0.1, -0.05) is 11.8 Å². The summed E-state index contributed by atoms with van der Waals surface area (Å²) in [5.41, 5.74) is -0.264. The van der Waals surface area contributed by atoms with Gasteiger partial charge in [-0.3, -0.25) is 4.79 Å². The number of carbonyl (C=O) groups is 1. The Hall–Kier alpha value is -1.76. The van der Waals surface area contributed by atoms with Gasteiger partial charge in [-0.15, -0.1) is 10.2 Å². The van der Waals surface area contributed by atoms with Gasteiger partial charge in [-0.25, -0.2) is 0 Å². The number of nitrogens with one attached hydrogen (secondary N) is 1. The number of nitrogens with zero attached hydrogens (tertiary/aromatic N) is 2. The first-order valence-corrected chi connectivity index (χ1v) is 7.09. The molecule has 0 aliphatic heterocycles. The van der Waals surface area contributed by atoms with Gasteiger partial charge in [0.15, 0.2) is 5.76 Å².